The molecular weight excluding hydrogens is 236 g/mol. The molecule has 1 aromatic carbocycles. The molecule has 0 fully saturated rings. The lowest BCUT2D eigenvalue weighted by molar-refractivity contribution is -0.00315. The monoisotopic (exact) mass is 251 g/mol. The highest BCUT2D eigenvalue weighted by Gasteiger charge is 2.30. The highest BCUT2D eigenvalue weighted by Crippen LogP contribution is 2.26. The molecule has 0 bridgehead atoms. The van der Waals surface area contributed by atoms with Crippen molar-refractivity contribution in [3.63, 3.8) is 0 Å². The van der Waals surface area contributed by atoms with Gasteiger partial charge in [0.15, 0.2) is 0 Å². The van der Waals surface area contributed by atoms with Crippen molar-refractivity contribution in [1.29, 1.82) is 0 Å². The summed E-state index contributed by atoms with van der Waals surface area (Å²) in [5, 5.41) is 6.75. The third-order valence-corrected chi connectivity index (χ3v) is 2.62. The zero-order valence-electron chi connectivity index (χ0n) is 9.89. The van der Waals surface area contributed by atoms with Gasteiger partial charge >= 0.3 is 0 Å². The number of aromatic nitrogens is 2. The lowest BCUT2D eigenvalue weighted by atomic mass is 10.1. The van der Waals surface area contributed by atoms with Crippen molar-refractivity contribution >= 4 is 0 Å². The van der Waals surface area contributed by atoms with E-state index in [2.05, 4.69) is 10.4 Å². The van der Waals surface area contributed by atoms with Crippen molar-refractivity contribution in [2.75, 3.05) is 13.1 Å². The van der Waals surface area contributed by atoms with Gasteiger partial charge in [0.05, 0.1) is 13.1 Å². The second-order valence-electron chi connectivity index (χ2n) is 4.02. The molecule has 3 nitrogen and oxygen atoms in total. The van der Waals surface area contributed by atoms with Crippen LogP contribution in [0.4, 0.5) is 8.78 Å². The van der Waals surface area contributed by atoms with Crippen LogP contribution in [0, 0.1) is 0 Å². The quantitative estimate of drug-likeness (QED) is 0.798. The molecule has 1 heterocycles. The summed E-state index contributed by atoms with van der Waals surface area (Å²) in [5.41, 5.74) is 0.0385. The molecule has 2 rings (SSSR count). The summed E-state index contributed by atoms with van der Waals surface area (Å²) in [6.45, 7) is 0.681. The SMILES string of the molecule is FC(F)(CNCCn1cccn1)c1ccccc1. The van der Waals surface area contributed by atoms with Crippen LogP contribution in [0.2, 0.25) is 0 Å². The molecule has 1 N–H and O–H groups in total. The van der Waals surface area contributed by atoms with Crippen molar-refractivity contribution in [2.45, 2.75) is 12.5 Å². The van der Waals surface area contributed by atoms with Crippen LogP contribution in [0.15, 0.2) is 48.8 Å². The Bertz CT molecular complexity index is 454. The first kappa shape index (κ1) is 12.7. The molecular formula is C13H15F2N3. The van der Waals surface area contributed by atoms with Crippen molar-refractivity contribution < 1.29 is 8.78 Å². The Hall–Kier alpha value is -1.75. The number of nitrogens with one attached hydrogen (secondary N) is 1. The molecule has 0 saturated carbocycles. The van der Waals surface area contributed by atoms with Gasteiger partial charge in [0, 0.05) is 24.5 Å². The zero-order valence-corrected chi connectivity index (χ0v) is 9.89. The van der Waals surface area contributed by atoms with Gasteiger partial charge in [0.1, 0.15) is 0 Å². The van der Waals surface area contributed by atoms with Crippen LogP contribution < -0.4 is 5.32 Å². The van der Waals surface area contributed by atoms with Crippen LogP contribution in [0.3, 0.4) is 0 Å². The molecule has 0 spiro atoms. The Morgan fingerprint density at radius 3 is 2.61 bits per heavy atom. The van der Waals surface area contributed by atoms with Crippen LogP contribution in [-0.2, 0) is 12.5 Å². The van der Waals surface area contributed by atoms with Gasteiger partial charge in [-0.15, -0.1) is 0 Å². The van der Waals surface area contributed by atoms with E-state index >= 15 is 0 Å². The van der Waals surface area contributed by atoms with E-state index in [4.69, 9.17) is 0 Å². The van der Waals surface area contributed by atoms with E-state index in [1.807, 2.05) is 0 Å². The molecule has 0 aliphatic carbocycles. The van der Waals surface area contributed by atoms with E-state index < -0.39 is 5.92 Å². The van der Waals surface area contributed by atoms with Gasteiger partial charge in [-0.1, -0.05) is 30.3 Å². The van der Waals surface area contributed by atoms with Crippen LogP contribution in [0.5, 0.6) is 0 Å². The fourth-order valence-electron chi connectivity index (χ4n) is 1.66. The summed E-state index contributed by atoms with van der Waals surface area (Å²) in [5.74, 6) is -2.84. The summed E-state index contributed by atoms with van der Waals surface area (Å²) in [6, 6.07) is 9.65. The standard InChI is InChI=1S/C13H15F2N3/c14-13(15,12-5-2-1-3-6-12)11-16-8-10-18-9-4-7-17-18/h1-7,9,16H,8,10-11H2. The van der Waals surface area contributed by atoms with Gasteiger partial charge in [-0.25, -0.2) is 0 Å². The maximum atomic E-state index is 13.7. The minimum absolute atomic E-state index is 0.0385. The van der Waals surface area contributed by atoms with E-state index in [-0.39, 0.29) is 12.1 Å². The smallest absolute Gasteiger partial charge is 0.285 e. The van der Waals surface area contributed by atoms with Crippen LogP contribution in [-0.4, -0.2) is 22.9 Å². The molecule has 5 heteroatoms. The van der Waals surface area contributed by atoms with Crippen molar-refractivity contribution in [3.05, 3.63) is 54.4 Å². The molecule has 0 aliphatic rings. The highest BCUT2D eigenvalue weighted by atomic mass is 19.3. The molecule has 1 aromatic heterocycles. The van der Waals surface area contributed by atoms with Gasteiger partial charge < -0.3 is 5.32 Å². The van der Waals surface area contributed by atoms with E-state index in [1.54, 1.807) is 41.3 Å². The van der Waals surface area contributed by atoms with Gasteiger partial charge in [-0.05, 0) is 6.07 Å². The summed E-state index contributed by atoms with van der Waals surface area (Å²) in [7, 11) is 0. The minimum Gasteiger partial charge on any atom is -0.309 e. The molecule has 0 radical (unpaired) electrons. The third-order valence-electron chi connectivity index (χ3n) is 2.62. The lowest BCUT2D eigenvalue weighted by Crippen LogP contribution is -2.32. The summed E-state index contributed by atoms with van der Waals surface area (Å²) < 4.78 is 29.2. The molecule has 2 aromatic rings. The summed E-state index contributed by atoms with van der Waals surface area (Å²) in [6.07, 6.45) is 3.47. The molecule has 0 unspecified atom stereocenters. The van der Waals surface area contributed by atoms with Crippen molar-refractivity contribution in [2.24, 2.45) is 0 Å². The number of benzene rings is 1. The Balaban J connectivity index is 1.79. The number of rotatable bonds is 6. The molecule has 0 atom stereocenters. The van der Waals surface area contributed by atoms with Gasteiger partial charge in [0.25, 0.3) is 5.92 Å². The lowest BCUT2D eigenvalue weighted by Gasteiger charge is -2.17. The van der Waals surface area contributed by atoms with E-state index in [1.165, 1.54) is 12.1 Å². The first-order chi connectivity index (χ1) is 8.68. The van der Waals surface area contributed by atoms with Crippen LogP contribution >= 0.6 is 0 Å². The van der Waals surface area contributed by atoms with Gasteiger partial charge in [0.2, 0.25) is 0 Å². The average molecular weight is 251 g/mol. The summed E-state index contributed by atoms with van der Waals surface area (Å²) in [4.78, 5) is 0. The Morgan fingerprint density at radius 1 is 1.17 bits per heavy atom. The second kappa shape index (κ2) is 5.73. The maximum absolute atomic E-state index is 13.7. The molecule has 96 valence electrons. The van der Waals surface area contributed by atoms with E-state index in [0.717, 1.165) is 0 Å². The molecule has 0 amide bonds. The predicted octanol–water partition coefficient (Wildman–Crippen LogP) is 2.26. The predicted molar refractivity (Wildman–Crippen MR) is 65.4 cm³/mol. The van der Waals surface area contributed by atoms with E-state index in [9.17, 15) is 8.78 Å². The molecule has 0 aliphatic heterocycles. The van der Waals surface area contributed by atoms with E-state index in [0.29, 0.717) is 13.1 Å². The summed E-state index contributed by atoms with van der Waals surface area (Å²) >= 11 is 0. The Morgan fingerprint density at radius 2 is 1.94 bits per heavy atom. The van der Waals surface area contributed by atoms with Crippen molar-refractivity contribution in [1.82, 2.24) is 15.1 Å². The number of alkyl halides is 2. The fraction of sp³-hybridized carbons (Fsp3) is 0.308. The molecule has 0 saturated heterocycles. The number of hydrogen-bond acceptors (Lipinski definition) is 2. The number of nitrogens with zero attached hydrogens (tertiary/aromatic N) is 2. The Labute approximate surface area is 104 Å². The largest absolute Gasteiger partial charge is 0.309 e. The van der Waals surface area contributed by atoms with Crippen LogP contribution in [0.25, 0.3) is 0 Å². The first-order valence-electron chi connectivity index (χ1n) is 5.80. The molecule has 18 heavy (non-hydrogen) atoms. The van der Waals surface area contributed by atoms with Gasteiger partial charge in [-0.2, -0.15) is 13.9 Å². The minimum atomic E-state index is -2.84. The second-order valence-corrected chi connectivity index (χ2v) is 4.02. The number of halogens is 2. The zero-order chi connectivity index (χ0) is 12.8. The highest BCUT2D eigenvalue weighted by molar-refractivity contribution is 5.20. The first-order valence-corrected chi connectivity index (χ1v) is 5.80. The topological polar surface area (TPSA) is 29.9 Å². The fourth-order valence-corrected chi connectivity index (χ4v) is 1.66. The maximum Gasteiger partial charge on any atom is 0.285 e. The van der Waals surface area contributed by atoms with Crippen LogP contribution in [0.1, 0.15) is 5.56 Å². The van der Waals surface area contributed by atoms with Crippen molar-refractivity contribution in [3.8, 4) is 0 Å². The van der Waals surface area contributed by atoms with Gasteiger partial charge in [-0.3, -0.25) is 4.68 Å². The normalized spacial score (nSPS) is 11.7. The third kappa shape index (κ3) is 3.37. The Kier molecular flexibility index (Phi) is 4.04. The average Bonchev–Trinajstić information content (AvgIpc) is 2.89. The number of hydrogen-bond donors (Lipinski definition) is 1.